The summed E-state index contributed by atoms with van der Waals surface area (Å²) in [6.07, 6.45) is 3.67. The molecule has 3 aromatic rings. The maximum Gasteiger partial charge on any atom is 0.265 e. The molecule has 2 aliphatic rings. The molecular weight excluding hydrogens is 517 g/mol. The van der Waals surface area contributed by atoms with Crippen LogP contribution in [0.25, 0.3) is 11.1 Å². The average molecular weight is 544 g/mol. The molecule has 2 aliphatic heterocycles. The highest BCUT2D eigenvalue weighted by atomic mass is 32.2. The van der Waals surface area contributed by atoms with Crippen molar-refractivity contribution >= 4 is 37.3 Å². The van der Waals surface area contributed by atoms with Crippen LogP contribution < -0.4 is 9.62 Å². The molecule has 0 saturated carbocycles. The minimum atomic E-state index is -4.07. The fourth-order valence-electron chi connectivity index (χ4n) is 4.75. The lowest BCUT2D eigenvalue weighted by atomic mass is 10.0. The van der Waals surface area contributed by atoms with E-state index >= 15 is 0 Å². The monoisotopic (exact) mass is 543 g/mol. The molecule has 194 valence electrons. The standard InChI is InChI=1S/C26H26FN3O5S2/c27-19-9-14-24-23(17-19)22-7-3-4-8-25(22)37(34,35)30(24)18-26(31)28-20-10-12-21(13-11-20)36(32,33)29-15-5-1-2-6-16-29/h3-4,7-14,17H,1-2,5-6,15-16,18H2,(H,28,31). The van der Waals surface area contributed by atoms with E-state index in [4.69, 9.17) is 0 Å². The third kappa shape index (κ3) is 4.86. The predicted molar refractivity (Wildman–Crippen MR) is 139 cm³/mol. The summed E-state index contributed by atoms with van der Waals surface area (Å²) in [5, 5.41) is 2.63. The maximum absolute atomic E-state index is 14.0. The first-order chi connectivity index (χ1) is 17.7. The van der Waals surface area contributed by atoms with E-state index < -0.39 is 38.3 Å². The quantitative estimate of drug-likeness (QED) is 0.519. The molecular formula is C26H26FN3O5S2. The van der Waals surface area contributed by atoms with Crippen LogP contribution >= 0.6 is 0 Å². The van der Waals surface area contributed by atoms with E-state index in [1.807, 2.05) is 0 Å². The number of anilines is 2. The molecule has 0 aliphatic carbocycles. The maximum atomic E-state index is 14.0. The van der Waals surface area contributed by atoms with Crippen molar-refractivity contribution in [2.45, 2.75) is 35.5 Å². The van der Waals surface area contributed by atoms with Gasteiger partial charge in [-0.15, -0.1) is 0 Å². The van der Waals surface area contributed by atoms with Gasteiger partial charge >= 0.3 is 0 Å². The highest BCUT2D eigenvalue weighted by Crippen LogP contribution is 2.43. The molecule has 37 heavy (non-hydrogen) atoms. The number of halogens is 1. The highest BCUT2D eigenvalue weighted by molar-refractivity contribution is 7.93. The van der Waals surface area contributed by atoms with E-state index in [1.165, 1.54) is 46.8 Å². The highest BCUT2D eigenvalue weighted by Gasteiger charge is 2.36. The number of fused-ring (bicyclic) bond motifs is 3. The summed E-state index contributed by atoms with van der Waals surface area (Å²) in [5.74, 6) is -1.14. The summed E-state index contributed by atoms with van der Waals surface area (Å²) >= 11 is 0. The number of hydrogen-bond donors (Lipinski definition) is 1. The lowest BCUT2D eigenvalue weighted by Crippen LogP contribution is -2.40. The number of sulfonamides is 2. The number of nitrogens with zero attached hydrogens (tertiary/aromatic N) is 2. The van der Waals surface area contributed by atoms with Crippen LogP contribution in [0.1, 0.15) is 25.7 Å². The molecule has 0 radical (unpaired) electrons. The van der Waals surface area contributed by atoms with Crippen LogP contribution in [-0.2, 0) is 24.8 Å². The SMILES string of the molecule is O=C(CN1c2ccc(F)cc2-c2ccccc2S1(=O)=O)Nc1ccc(S(=O)(=O)N2CCCCCC2)cc1. The normalized spacial score (nSPS) is 17.4. The zero-order chi connectivity index (χ0) is 26.2. The van der Waals surface area contributed by atoms with E-state index in [2.05, 4.69) is 5.32 Å². The Morgan fingerprint density at radius 2 is 1.57 bits per heavy atom. The van der Waals surface area contributed by atoms with E-state index in [9.17, 15) is 26.0 Å². The number of nitrogens with one attached hydrogen (secondary N) is 1. The van der Waals surface area contributed by atoms with Gasteiger partial charge in [0, 0.05) is 29.9 Å². The summed E-state index contributed by atoms with van der Waals surface area (Å²) in [7, 11) is -7.70. The van der Waals surface area contributed by atoms with Crippen LogP contribution in [0.5, 0.6) is 0 Å². The van der Waals surface area contributed by atoms with Gasteiger partial charge in [-0.2, -0.15) is 4.31 Å². The van der Waals surface area contributed by atoms with Gasteiger partial charge in [0.2, 0.25) is 15.9 Å². The molecule has 1 N–H and O–H groups in total. The Bertz CT molecular complexity index is 1550. The van der Waals surface area contributed by atoms with Crippen molar-refractivity contribution in [2.24, 2.45) is 0 Å². The fourth-order valence-corrected chi connectivity index (χ4v) is 7.91. The van der Waals surface area contributed by atoms with Gasteiger partial charge in [0.05, 0.1) is 15.5 Å². The van der Waals surface area contributed by atoms with Gasteiger partial charge in [-0.25, -0.2) is 21.2 Å². The molecule has 8 nitrogen and oxygen atoms in total. The van der Waals surface area contributed by atoms with Gasteiger partial charge in [-0.05, 0) is 61.4 Å². The van der Waals surface area contributed by atoms with E-state index in [0.29, 0.717) is 29.9 Å². The van der Waals surface area contributed by atoms with Crippen LogP contribution in [0.4, 0.5) is 15.8 Å². The van der Waals surface area contributed by atoms with Gasteiger partial charge in [0.25, 0.3) is 10.0 Å². The molecule has 0 aromatic heterocycles. The number of hydrogen-bond acceptors (Lipinski definition) is 5. The van der Waals surface area contributed by atoms with E-state index in [0.717, 1.165) is 36.1 Å². The van der Waals surface area contributed by atoms with Gasteiger partial charge in [-0.3, -0.25) is 9.10 Å². The molecule has 1 saturated heterocycles. The smallest absolute Gasteiger partial charge is 0.265 e. The molecule has 0 unspecified atom stereocenters. The Balaban J connectivity index is 1.36. The second-order valence-electron chi connectivity index (χ2n) is 9.06. The average Bonchev–Trinajstić information content (AvgIpc) is 3.18. The third-order valence-corrected chi connectivity index (χ3v) is 10.3. The Kier molecular flexibility index (Phi) is 6.78. The molecule has 1 amide bonds. The number of rotatable bonds is 5. The Morgan fingerprint density at radius 1 is 0.892 bits per heavy atom. The third-order valence-electron chi connectivity index (χ3n) is 6.60. The Hall–Kier alpha value is -3.28. The van der Waals surface area contributed by atoms with Gasteiger partial charge in [-0.1, -0.05) is 31.0 Å². The summed E-state index contributed by atoms with van der Waals surface area (Å²) in [6, 6.07) is 15.8. The van der Waals surface area contributed by atoms with Crippen LogP contribution in [0.15, 0.2) is 76.5 Å². The molecule has 3 aromatic carbocycles. The van der Waals surface area contributed by atoms with Crippen LogP contribution in [0.3, 0.4) is 0 Å². The van der Waals surface area contributed by atoms with Gasteiger partial charge in [0.1, 0.15) is 12.4 Å². The van der Waals surface area contributed by atoms with Crippen molar-refractivity contribution in [2.75, 3.05) is 29.3 Å². The van der Waals surface area contributed by atoms with Crippen LogP contribution in [0, 0.1) is 5.82 Å². The minimum absolute atomic E-state index is 0.0102. The Labute approximate surface area is 215 Å². The second-order valence-corrected chi connectivity index (χ2v) is 12.8. The summed E-state index contributed by atoms with van der Waals surface area (Å²) in [5.41, 5.74) is 1.28. The second kappa shape index (κ2) is 9.88. The van der Waals surface area contributed by atoms with E-state index in [1.54, 1.807) is 18.2 Å². The van der Waals surface area contributed by atoms with Crippen molar-refractivity contribution in [3.05, 3.63) is 72.5 Å². The fraction of sp³-hybridized carbons (Fsp3) is 0.269. The number of carbonyl (C=O) groups excluding carboxylic acids is 1. The largest absolute Gasteiger partial charge is 0.325 e. The minimum Gasteiger partial charge on any atom is -0.325 e. The first-order valence-corrected chi connectivity index (χ1v) is 14.9. The summed E-state index contributed by atoms with van der Waals surface area (Å²) in [6.45, 7) is 0.433. The van der Waals surface area contributed by atoms with Crippen molar-refractivity contribution in [1.82, 2.24) is 4.31 Å². The van der Waals surface area contributed by atoms with Crippen molar-refractivity contribution in [3.8, 4) is 11.1 Å². The zero-order valence-corrected chi connectivity index (χ0v) is 21.6. The summed E-state index contributed by atoms with van der Waals surface area (Å²) in [4.78, 5) is 13.0. The number of amides is 1. The van der Waals surface area contributed by atoms with Crippen molar-refractivity contribution in [3.63, 3.8) is 0 Å². The lowest BCUT2D eigenvalue weighted by Gasteiger charge is -2.31. The molecule has 0 atom stereocenters. The molecule has 1 fully saturated rings. The van der Waals surface area contributed by atoms with Gasteiger partial charge in [0.15, 0.2) is 0 Å². The zero-order valence-electron chi connectivity index (χ0n) is 19.9. The molecule has 5 rings (SSSR count). The number of benzene rings is 3. The van der Waals surface area contributed by atoms with Gasteiger partial charge < -0.3 is 5.32 Å². The van der Waals surface area contributed by atoms with Crippen LogP contribution in [-0.4, -0.2) is 46.7 Å². The van der Waals surface area contributed by atoms with Crippen molar-refractivity contribution in [1.29, 1.82) is 0 Å². The van der Waals surface area contributed by atoms with Crippen molar-refractivity contribution < 1.29 is 26.0 Å². The number of carbonyl (C=O) groups is 1. The van der Waals surface area contributed by atoms with Crippen LogP contribution in [0.2, 0.25) is 0 Å². The van der Waals surface area contributed by atoms with E-state index in [-0.39, 0.29) is 15.5 Å². The molecule has 11 heteroatoms. The first kappa shape index (κ1) is 25.4. The summed E-state index contributed by atoms with van der Waals surface area (Å²) < 4.78 is 69.1. The first-order valence-electron chi connectivity index (χ1n) is 12.0. The topological polar surface area (TPSA) is 104 Å². The lowest BCUT2D eigenvalue weighted by molar-refractivity contribution is -0.114. The predicted octanol–water partition coefficient (Wildman–Crippen LogP) is 4.20. The molecule has 2 heterocycles. The Morgan fingerprint density at radius 3 is 2.27 bits per heavy atom. The molecule has 0 bridgehead atoms. The molecule has 0 spiro atoms.